The molecule has 13 heteroatoms. The lowest BCUT2D eigenvalue weighted by Crippen LogP contribution is -2.59. The van der Waals surface area contributed by atoms with Crippen molar-refractivity contribution in [3.05, 3.63) is 0 Å². The van der Waals surface area contributed by atoms with E-state index in [1.54, 1.807) is 0 Å². The van der Waals surface area contributed by atoms with E-state index in [9.17, 15) is 19.2 Å². The second-order valence-corrected chi connectivity index (χ2v) is 6.10. The van der Waals surface area contributed by atoms with Crippen molar-refractivity contribution < 1.29 is 42.9 Å². The summed E-state index contributed by atoms with van der Waals surface area (Å²) in [5, 5.41) is 0. The van der Waals surface area contributed by atoms with Crippen molar-refractivity contribution in [3.63, 3.8) is 0 Å². The zero-order valence-electron chi connectivity index (χ0n) is 13.7. The lowest BCUT2D eigenvalue weighted by molar-refractivity contribution is -0.230. The number of carbonyl (C=O) groups excluding carboxylic acids is 4. The molecule has 0 unspecified atom stereocenters. The minimum atomic E-state index is -1.30. The minimum absolute atomic E-state index is 0.249. The fourth-order valence-corrected chi connectivity index (χ4v) is 2.41. The molecule has 1 aliphatic heterocycles. The van der Waals surface area contributed by atoms with Crippen molar-refractivity contribution in [2.24, 2.45) is 0 Å². The molecule has 27 heavy (non-hydrogen) atoms. The van der Waals surface area contributed by atoms with E-state index in [-0.39, 0.29) is 13.2 Å². The maximum atomic E-state index is 11.7. The molecular formula is C14H16Cl4O9. The Morgan fingerprint density at radius 3 is 1.74 bits per heavy atom. The van der Waals surface area contributed by atoms with Crippen molar-refractivity contribution >= 4 is 70.3 Å². The molecule has 0 amide bonds. The number of esters is 4. The molecule has 1 aliphatic rings. The first kappa shape index (κ1) is 24.0. The van der Waals surface area contributed by atoms with Gasteiger partial charge in [-0.2, -0.15) is 0 Å². The topological polar surface area (TPSA) is 114 Å². The van der Waals surface area contributed by atoms with Gasteiger partial charge >= 0.3 is 23.9 Å². The molecule has 0 saturated carbocycles. The highest BCUT2D eigenvalue weighted by molar-refractivity contribution is 6.27. The summed E-state index contributed by atoms with van der Waals surface area (Å²) in [6.07, 6.45) is -4.77. The van der Waals surface area contributed by atoms with Crippen LogP contribution >= 0.6 is 46.4 Å². The van der Waals surface area contributed by atoms with Gasteiger partial charge in [-0.05, 0) is 0 Å². The van der Waals surface area contributed by atoms with E-state index in [0.29, 0.717) is 0 Å². The van der Waals surface area contributed by atoms with Crippen LogP contribution in [-0.2, 0) is 42.9 Å². The van der Waals surface area contributed by atoms with Crippen LogP contribution in [0.5, 0.6) is 0 Å². The highest BCUT2D eigenvalue weighted by atomic mass is 35.5. The number of rotatable bonds is 9. The van der Waals surface area contributed by atoms with Gasteiger partial charge in [0.1, 0.15) is 36.2 Å². The summed E-state index contributed by atoms with van der Waals surface area (Å²) < 4.78 is 25.7. The summed E-state index contributed by atoms with van der Waals surface area (Å²) in [5.41, 5.74) is 0. The molecular weight excluding hydrogens is 454 g/mol. The van der Waals surface area contributed by atoms with Crippen molar-refractivity contribution in [1.82, 2.24) is 0 Å². The molecule has 4 atom stereocenters. The Balaban J connectivity index is 3.05. The monoisotopic (exact) mass is 468 g/mol. The quantitative estimate of drug-likeness (QED) is 0.272. The normalized spacial score (nSPS) is 24.6. The zero-order chi connectivity index (χ0) is 20.4. The van der Waals surface area contributed by atoms with Gasteiger partial charge in [0.2, 0.25) is 0 Å². The summed E-state index contributed by atoms with van der Waals surface area (Å²) in [6.45, 7) is -0.613. The van der Waals surface area contributed by atoms with Gasteiger partial charge in [-0.3, -0.25) is 19.2 Å². The number of alkyl halides is 4. The molecule has 9 nitrogen and oxygen atoms in total. The van der Waals surface area contributed by atoms with E-state index in [1.807, 2.05) is 0 Å². The van der Waals surface area contributed by atoms with Crippen LogP contribution in [0.3, 0.4) is 0 Å². The molecule has 1 heterocycles. The number of hydrogen-bond donors (Lipinski definition) is 0. The Morgan fingerprint density at radius 2 is 1.22 bits per heavy atom. The molecule has 1 rings (SSSR count). The number of carbonyl (C=O) groups is 4. The molecule has 0 aliphatic carbocycles. The Morgan fingerprint density at radius 1 is 0.741 bits per heavy atom. The zero-order valence-corrected chi connectivity index (χ0v) is 16.8. The third-order valence-corrected chi connectivity index (χ3v) is 4.07. The van der Waals surface area contributed by atoms with Crippen LogP contribution in [0, 0.1) is 0 Å². The third kappa shape index (κ3) is 7.87. The first-order valence-electron chi connectivity index (χ1n) is 7.45. The Hall–Kier alpha value is -1.000. The molecule has 1 fully saturated rings. The van der Waals surface area contributed by atoms with Gasteiger partial charge in [0.15, 0.2) is 18.3 Å². The van der Waals surface area contributed by atoms with Crippen LogP contribution in [0.4, 0.5) is 0 Å². The van der Waals surface area contributed by atoms with E-state index < -0.39 is 71.8 Å². The van der Waals surface area contributed by atoms with Crippen LogP contribution < -0.4 is 0 Å². The second-order valence-electron chi connectivity index (χ2n) is 5.03. The van der Waals surface area contributed by atoms with Crippen molar-refractivity contribution in [2.75, 3.05) is 36.7 Å². The van der Waals surface area contributed by atoms with E-state index in [4.69, 9.17) is 70.1 Å². The van der Waals surface area contributed by atoms with Gasteiger partial charge in [0, 0.05) is 0 Å². The fraction of sp³-hybridized carbons (Fsp3) is 0.714. The summed E-state index contributed by atoms with van der Waals surface area (Å²) in [4.78, 5) is 46.1. The van der Waals surface area contributed by atoms with Gasteiger partial charge < -0.3 is 23.7 Å². The van der Waals surface area contributed by atoms with Gasteiger partial charge in [0.05, 0.1) is 6.61 Å². The predicted molar refractivity (Wildman–Crippen MR) is 93.2 cm³/mol. The smallest absolute Gasteiger partial charge is 0.321 e. The van der Waals surface area contributed by atoms with Crippen molar-refractivity contribution in [2.45, 2.75) is 24.4 Å². The summed E-state index contributed by atoms with van der Waals surface area (Å²) in [7, 11) is 0. The highest BCUT2D eigenvalue weighted by Gasteiger charge is 2.47. The largest absolute Gasteiger partial charge is 0.462 e. The molecule has 1 saturated heterocycles. The van der Waals surface area contributed by atoms with Crippen LogP contribution in [0.2, 0.25) is 0 Å². The van der Waals surface area contributed by atoms with Crippen LogP contribution in [0.1, 0.15) is 0 Å². The summed E-state index contributed by atoms with van der Waals surface area (Å²) in [6, 6.07) is 0. The number of ether oxygens (including phenoxy) is 5. The SMILES string of the molecule is O=C(CCl)OC[C@H]1OC[C@H](OC(=O)CCl)[C@@H](OC(=O)CCl)[C@H]1OC(=O)CCl. The maximum absolute atomic E-state index is 11.7. The Labute approximate surface area is 174 Å². The third-order valence-electron chi connectivity index (χ3n) is 3.19. The fourth-order valence-electron chi connectivity index (χ4n) is 2.14. The average Bonchev–Trinajstić information content (AvgIpc) is 2.68. The van der Waals surface area contributed by atoms with Crippen molar-refractivity contribution in [3.8, 4) is 0 Å². The molecule has 0 bridgehead atoms. The van der Waals surface area contributed by atoms with Crippen LogP contribution in [0.25, 0.3) is 0 Å². The molecule has 154 valence electrons. The summed E-state index contributed by atoms with van der Waals surface area (Å²) >= 11 is 21.6. The molecule has 0 N–H and O–H groups in total. The summed E-state index contributed by atoms with van der Waals surface area (Å²) in [5.74, 6) is -5.16. The standard InChI is InChI=1S/C14H16Cl4O9/c15-1-9(19)24-5-7-13(26-11(21)3-17)14(27-12(22)4-18)8(6-23-7)25-10(20)2-16/h7-8,13-14H,1-6H2/t7-,8+,13+,14-/m1/s1. The van der Waals surface area contributed by atoms with Crippen LogP contribution in [-0.4, -0.2) is 85.0 Å². The van der Waals surface area contributed by atoms with Crippen LogP contribution in [0.15, 0.2) is 0 Å². The Kier molecular flexibility index (Phi) is 11.1. The minimum Gasteiger partial charge on any atom is -0.462 e. The van der Waals surface area contributed by atoms with E-state index in [1.165, 1.54) is 0 Å². The molecule has 0 aromatic rings. The molecule has 0 radical (unpaired) electrons. The van der Waals surface area contributed by atoms with E-state index in [2.05, 4.69) is 0 Å². The highest BCUT2D eigenvalue weighted by Crippen LogP contribution is 2.25. The lowest BCUT2D eigenvalue weighted by Gasteiger charge is -2.40. The first-order chi connectivity index (χ1) is 12.9. The first-order valence-corrected chi connectivity index (χ1v) is 9.59. The van der Waals surface area contributed by atoms with Gasteiger partial charge in [0.25, 0.3) is 0 Å². The average molecular weight is 470 g/mol. The van der Waals surface area contributed by atoms with Crippen molar-refractivity contribution in [1.29, 1.82) is 0 Å². The Bertz CT molecular complexity index is 545. The van der Waals surface area contributed by atoms with Gasteiger partial charge in [-0.25, -0.2) is 0 Å². The predicted octanol–water partition coefficient (Wildman–Crippen LogP) is 0.619. The maximum Gasteiger partial charge on any atom is 0.321 e. The van der Waals surface area contributed by atoms with E-state index >= 15 is 0 Å². The number of hydrogen-bond acceptors (Lipinski definition) is 9. The molecule has 0 aromatic heterocycles. The number of halogens is 4. The van der Waals surface area contributed by atoms with Gasteiger partial charge in [-0.1, -0.05) is 0 Å². The second kappa shape index (κ2) is 12.5. The molecule has 0 spiro atoms. The van der Waals surface area contributed by atoms with E-state index in [0.717, 1.165) is 0 Å². The molecule has 0 aromatic carbocycles. The van der Waals surface area contributed by atoms with Gasteiger partial charge in [-0.15, -0.1) is 46.4 Å². The lowest BCUT2D eigenvalue weighted by atomic mass is 9.99.